The zero-order chi connectivity index (χ0) is 9.84. The number of rotatable bonds is 3. The third kappa shape index (κ3) is 2.68. The lowest BCUT2D eigenvalue weighted by atomic mass is 10.6. The lowest BCUT2D eigenvalue weighted by Crippen LogP contribution is -2.14. The molecule has 0 amide bonds. The van der Waals surface area contributed by atoms with Crippen LogP contribution in [0.4, 0.5) is 8.78 Å². The summed E-state index contributed by atoms with van der Waals surface area (Å²) in [6.07, 6.45) is 1.05. The van der Waals surface area contributed by atoms with Crippen molar-refractivity contribution in [2.45, 2.75) is 13.5 Å². The van der Waals surface area contributed by atoms with Gasteiger partial charge in [-0.25, -0.2) is 9.80 Å². The number of alkyl halides is 2. The zero-order valence-electron chi connectivity index (χ0n) is 6.71. The SMILES string of the molecule is CCOC(=O)C1=CN(C(F)F)N=I1. The maximum absolute atomic E-state index is 12.0. The smallest absolute Gasteiger partial charge is 0.347 e. The molecule has 1 rings (SSSR count). The van der Waals surface area contributed by atoms with Crippen LogP contribution in [-0.2, 0) is 9.53 Å². The maximum atomic E-state index is 12.0. The molecule has 0 unspecified atom stereocenters. The van der Waals surface area contributed by atoms with Crippen LogP contribution in [0.5, 0.6) is 0 Å². The van der Waals surface area contributed by atoms with E-state index in [2.05, 4.69) is 7.99 Å². The largest absolute Gasteiger partial charge is 0.462 e. The molecule has 4 nitrogen and oxygen atoms in total. The number of esters is 1. The van der Waals surface area contributed by atoms with Crippen LogP contribution in [0.1, 0.15) is 6.92 Å². The van der Waals surface area contributed by atoms with Crippen molar-refractivity contribution < 1.29 is 18.3 Å². The first-order chi connectivity index (χ1) is 6.15. The molecule has 1 heterocycles. The van der Waals surface area contributed by atoms with Gasteiger partial charge in [0.1, 0.15) is 3.58 Å². The Morgan fingerprint density at radius 3 is 3.00 bits per heavy atom. The molecule has 1 aliphatic heterocycles. The van der Waals surface area contributed by atoms with Gasteiger partial charge < -0.3 is 4.74 Å². The van der Waals surface area contributed by atoms with E-state index in [1.54, 1.807) is 6.92 Å². The number of ether oxygens (including phenoxy) is 1. The van der Waals surface area contributed by atoms with Crippen LogP contribution < -0.4 is 0 Å². The third-order valence-electron chi connectivity index (χ3n) is 1.13. The van der Waals surface area contributed by atoms with Crippen molar-refractivity contribution in [3.05, 3.63) is 9.78 Å². The second kappa shape index (κ2) is 4.58. The highest BCUT2D eigenvalue weighted by Crippen LogP contribution is 2.28. The van der Waals surface area contributed by atoms with E-state index >= 15 is 0 Å². The normalized spacial score (nSPS) is 15.7. The van der Waals surface area contributed by atoms with E-state index in [-0.39, 0.29) is 10.2 Å². The fourth-order valence-electron chi connectivity index (χ4n) is 0.621. The zero-order valence-corrected chi connectivity index (χ0v) is 8.86. The van der Waals surface area contributed by atoms with Gasteiger partial charge in [0.2, 0.25) is 0 Å². The highest BCUT2D eigenvalue weighted by Gasteiger charge is 2.21. The molecule has 0 spiro atoms. The highest BCUT2D eigenvalue weighted by molar-refractivity contribution is 14.2. The van der Waals surface area contributed by atoms with Gasteiger partial charge in [-0.3, -0.25) is 0 Å². The summed E-state index contributed by atoms with van der Waals surface area (Å²) in [5.74, 6) is -0.540. The standard InChI is InChI=1S/C6H7F2IN2O2/c1-2-13-5(12)4-3-11(6(7)8)10-9-4/h3,6H,2H2,1H3. The molecule has 0 aromatic rings. The molecule has 1 aliphatic rings. The quantitative estimate of drug-likeness (QED) is 0.455. The maximum Gasteiger partial charge on any atom is 0.347 e. The van der Waals surface area contributed by atoms with Crippen LogP contribution in [0, 0.1) is 0 Å². The monoisotopic (exact) mass is 304 g/mol. The minimum atomic E-state index is -2.67. The minimum Gasteiger partial charge on any atom is -0.462 e. The van der Waals surface area contributed by atoms with Crippen LogP contribution >= 0.6 is 21.0 Å². The molecule has 0 saturated carbocycles. The fourth-order valence-corrected chi connectivity index (χ4v) is 2.18. The first kappa shape index (κ1) is 10.5. The first-order valence-corrected chi connectivity index (χ1v) is 5.50. The summed E-state index contributed by atoms with van der Waals surface area (Å²) in [4.78, 5) is 11.0. The van der Waals surface area contributed by atoms with E-state index < -0.39 is 33.6 Å². The Bertz CT molecular complexity index is 267. The van der Waals surface area contributed by atoms with Crippen molar-refractivity contribution in [2.24, 2.45) is 3.25 Å². The van der Waals surface area contributed by atoms with Crippen molar-refractivity contribution in [2.75, 3.05) is 6.61 Å². The van der Waals surface area contributed by atoms with Crippen LogP contribution in [-0.4, -0.2) is 24.1 Å². The van der Waals surface area contributed by atoms with E-state index in [1.165, 1.54) is 0 Å². The van der Waals surface area contributed by atoms with Gasteiger partial charge in [0, 0.05) is 0 Å². The highest BCUT2D eigenvalue weighted by atomic mass is 127. The van der Waals surface area contributed by atoms with Gasteiger partial charge in [0.25, 0.3) is 0 Å². The number of nitrogens with zero attached hydrogens (tertiary/aromatic N) is 2. The molecule has 0 aromatic heterocycles. The molecule has 0 aromatic carbocycles. The summed E-state index contributed by atoms with van der Waals surface area (Å²) in [7, 11) is 0. The van der Waals surface area contributed by atoms with Gasteiger partial charge in [0.05, 0.1) is 33.8 Å². The van der Waals surface area contributed by atoms with E-state index in [0.29, 0.717) is 5.01 Å². The number of carbonyl (C=O) groups excluding carboxylic acids is 1. The number of hydrogen-bond donors (Lipinski definition) is 0. The Morgan fingerprint density at radius 1 is 1.85 bits per heavy atom. The van der Waals surface area contributed by atoms with Crippen LogP contribution in [0.3, 0.4) is 0 Å². The Labute approximate surface area is 83.7 Å². The Balaban J connectivity index is 2.60. The first-order valence-electron chi connectivity index (χ1n) is 3.45. The molecular formula is C6H7F2IN2O2. The second-order valence-electron chi connectivity index (χ2n) is 2.02. The molecule has 0 fully saturated rings. The van der Waals surface area contributed by atoms with Gasteiger partial charge in [0.15, 0.2) is 0 Å². The number of carbonyl (C=O) groups is 1. The predicted molar refractivity (Wildman–Crippen MR) is 49.0 cm³/mol. The summed E-state index contributed by atoms with van der Waals surface area (Å²) in [5.41, 5.74) is 0. The molecule has 0 radical (unpaired) electrons. The topological polar surface area (TPSA) is 41.9 Å². The van der Waals surface area contributed by atoms with Crippen molar-refractivity contribution >= 4 is 27.0 Å². The molecule has 0 atom stereocenters. The molecule has 0 aliphatic carbocycles. The predicted octanol–water partition coefficient (Wildman–Crippen LogP) is 2.00. The van der Waals surface area contributed by atoms with Crippen LogP contribution in [0.25, 0.3) is 0 Å². The van der Waals surface area contributed by atoms with Crippen molar-refractivity contribution in [3.8, 4) is 0 Å². The summed E-state index contributed by atoms with van der Waals surface area (Å²) in [6.45, 7) is -0.769. The average Bonchev–Trinajstić information content (AvgIpc) is 2.52. The van der Waals surface area contributed by atoms with Gasteiger partial charge >= 0.3 is 12.5 Å². The molecule has 0 bridgehead atoms. The van der Waals surface area contributed by atoms with E-state index in [4.69, 9.17) is 0 Å². The van der Waals surface area contributed by atoms with Gasteiger partial charge in [-0.15, -0.1) is 3.25 Å². The molecule has 13 heavy (non-hydrogen) atoms. The van der Waals surface area contributed by atoms with E-state index in [1.807, 2.05) is 0 Å². The van der Waals surface area contributed by atoms with Gasteiger partial charge in [-0.1, -0.05) is 0 Å². The van der Waals surface area contributed by atoms with Gasteiger partial charge in [-0.05, 0) is 6.92 Å². The lowest BCUT2D eigenvalue weighted by Gasteiger charge is -2.06. The van der Waals surface area contributed by atoms with E-state index in [0.717, 1.165) is 6.20 Å². The molecular weight excluding hydrogens is 297 g/mol. The molecule has 74 valence electrons. The Hall–Kier alpha value is -0.600. The minimum absolute atomic E-state index is 0.245. The van der Waals surface area contributed by atoms with Crippen molar-refractivity contribution in [1.29, 1.82) is 0 Å². The van der Waals surface area contributed by atoms with E-state index in [9.17, 15) is 13.6 Å². The van der Waals surface area contributed by atoms with Crippen molar-refractivity contribution in [3.63, 3.8) is 0 Å². The average molecular weight is 304 g/mol. The number of hydrogen-bond acceptors (Lipinski definition) is 4. The third-order valence-corrected chi connectivity index (χ3v) is 3.08. The van der Waals surface area contributed by atoms with Crippen LogP contribution in [0.2, 0.25) is 0 Å². The summed E-state index contributed by atoms with van der Waals surface area (Å²) < 4.78 is 32.5. The van der Waals surface area contributed by atoms with Gasteiger partial charge in [-0.2, -0.15) is 8.78 Å². The molecule has 0 saturated heterocycles. The fraction of sp³-hybridized carbons (Fsp3) is 0.500. The Kier molecular flexibility index (Phi) is 3.70. The Morgan fingerprint density at radius 2 is 2.54 bits per heavy atom. The second-order valence-corrected chi connectivity index (χ2v) is 4.09. The summed E-state index contributed by atoms with van der Waals surface area (Å²) in [6, 6.07) is 0. The number of halogens is 3. The van der Waals surface area contributed by atoms with Crippen LogP contribution in [0.15, 0.2) is 13.0 Å². The lowest BCUT2D eigenvalue weighted by molar-refractivity contribution is -0.137. The summed E-state index contributed by atoms with van der Waals surface area (Å²) in [5, 5.41) is 0.500. The summed E-state index contributed by atoms with van der Waals surface area (Å²) >= 11 is -0.993. The van der Waals surface area contributed by atoms with Crippen molar-refractivity contribution in [1.82, 2.24) is 5.01 Å². The molecule has 0 N–H and O–H groups in total. The molecule has 7 heteroatoms.